The van der Waals surface area contributed by atoms with Crippen molar-refractivity contribution < 1.29 is 35.5 Å². The lowest BCUT2D eigenvalue weighted by Crippen LogP contribution is -2.28. The average Bonchev–Trinajstić information content (AvgIpc) is 3.21. The van der Waals surface area contributed by atoms with Gasteiger partial charge in [-0.1, -0.05) is 0 Å². The lowest BCUT2D eigenvalue weighted by atomic mass is 10.2. The van der Waals surface area contributed by atoms with Gasteiger partial charge in [-0.25, -0.2) is 17.5 Å². The van der Waals surface area contributed by atoms with E-state index in [9.17, 15) is 30.8 Å². The molecule has 0 atom stereocenters. The van der Waals surface area contributed by atoms with Crippen LogP contribution in [0.15, 0.2) is 47.4 Å². The van der Waals surface area contributed by atoms with Gasteiger partial charge in [0.2, 0.25) is 15.9 Å². The van der Waals surface area contributed by atoms with Gasteiger partial charge in [-0.15, -0.1) is 13.2 Å². The van der Waals surface area contributed by atoms with Crippen molar-refractivity contribution in [3.63, 3.8) is 0 Å². The minimum absolute atomic E-state index is 0.232. The molecule has 174 valence electrons. The maximum atomic E-state index is 14.3. The molecule has 0 saturated carbocycles. The van der Waals surface area contributed by atoms with Crippen molar-refractivity contribution in [1.82, 2.24) is 4.72 Å². The van der Waals surface area contributed by atoms with E-state index >= 15 is 0 Å². The van der Waals surface area contributed by atoms with Gasteiger partial charge >= 0.3 is 6.36 Å². The highest BCUT2D eigenvalue weighted by molar-refractivity contribution is 7.89. The molecule has 0 aromatic heterocycles. The Bertz CT molecular complexity index is 1050. The number of sulfonamides is 1. The second-order valence-corrected chi connectivity index (χ2v) is 8.84. The molecule has 0 unspecified atom stereocenters. The topological polar surface area (TPSA) is 87.7 Å². The molecule has 2 aromatic rings. The van der Waals surface area contributed by atoms with E-state index in [1.807, 2.05) is 4.90 Å². The predicted octanol–water partition coefficient (Wildman–Crippen LogP) is 3.63. The third kappa shape index (κ3) is 6.57. The smallest absolute Gasteiger partial charge is 0.406 e. The van der Waals surface area contributed by atoms with Crippen LogP contribution in [-0.2, 0) is 14.8 Å². The molecule has 12 heteroatoms. The number of alkyl halides is 3. The number of hydrogen-bond acceptors (Lipinski definition) is 5. The van der Waals surface area contributed by atoms with Crippen molar-refractivity contribution in [3.8, 4) is 5.75 Å². The molecule has 1 fully saturated rings. The highest BCUT2D eigenvalue weighted by atomic mass is 32.2. The Labute approximate surface area is 182 Å². The zero-order valence-electron chi connectivity index (χ0n) is 16.8. The largest absolute Gasteiger partial charge is 0.573 e. The summed E-state index contributed by atoms with van der Waals surface area (Å²) in [5, 5.41) is 2.50. The van der Waals surface area contributed by atoms with Crippen LogP contribution in [0, 0.1) is 5.82 Å². The third-order valence-electron chi connectivity index (χ3n) is 4.69. The Kier molecular flexibility index (Phi) is 7.24. The summed E-state index contributed by atoms with van der Waals surface area (Å²) in [7, 11) is -4.04. The Morgan fingerprint density at radius 1 is 1.06 bits per heavy atom. The zero-order valence-corrected chi connectivity index (χ0v) is 17.6. The van der Waals surface area contributed by atoms with Gasteiger partial charge in [0.25, 0.3) is 0 Å². The number of carbonyl (C=O) groups is 1. The van der Waals surface area contributed by atoms with Gasteiger partial charge < -0.3 is 15.0 Å². The quantitative estimate of drug-likeness (QED) is 0.570. The lowest BCUT2D eigenvalue weighted by Gasteiger charge is -2.18. The first kappa shape index (κ1) is 23.8. The highest BCUT2D eigenvalue weighted by Gasteiger charge is 2.31. The fourth-order valence-corrected chi connectivity index (χ4v) is 4.26. The highest BCUT2D eigenvalue weighted by Crippen LogP contribution is 2.26. The predicted molar refractivity (Wildman–Crippen MR) is 109 cm³/mol. The molecule has 1 heterocycles. The van der Waals surface area contributed by atoms with Crippen molar-refractivity contribution >= 4 is 27.3 Å². The number of carbonyl (C=O) groups excluding carboxylic acids is 1. The summed E-state index contributed by atoms with van der Waals surface area (Å²) >= 11 is 0. The van der Waals surface area contributed by atoms with Crippen molar-refractivity contribution in [2.75, 3.05) is 29.9 Å². The molecular weight excluding hydrogens is 454 g/mol. The van der Waals surface area contributed by atoms with Crippen LogP contribution in [0.2, 0.25) is 0 Å². The molecule has 7 nitrogen and oxygen atoms in total. The van der Waals surface area contributed by atoms with Gasteiger partial charge in [0.05, 0.1) is 10.6 Å². The summed E-state index contributed by atoms with van der Waals surface area (Å²) in [6, 6.07) is 8.02. The maximum absolute atomic E-state index is 14.3. The number of benzene rings is 2. The van der Waals surface area contributed by atoms with Gasteiger partial charge in [0, 0.05) is 31.7 Å². The summed E-state index contributed by atoms with van der Waals surface area (Å²) in [4.78, 5) is 13.7. The first-order chi connectivity index (χ1) is 15.0. The first-order valence-electron chi connectivity index (χ1n) is 9.73. The summed E-state index contributed by atoms with van der Waals surface area (Å²) < 4.78 is 81.1. The van der Waals surface area contributed by atoms with E-state index in [0.29, 0.717) is 5.69 Å². The molecule has 2 aromatic carbocycles. The van der Waals surface area contributed by atoms with Crippen LogP contribution >= 0.6 is 0 Å². The summed E-state index contributed by atoms with van der Waals surface area (Å²) in [6.07, 6.45) is -3.12. The molecule has 0 aliphatic carbocycles. The van der Waals surface area contributed by atoms with Crippen LogP contribution in [0.25, 0.3) is 0 Å². The molecule has 2 N–H and O–H groups in total. The third-order valence-corrected chi connectivity index (χ3v) is 6.17. The number of anilines is 2. The number of hydrogen-bond donors (Lipinski definition) is 2. The molecule has 1 aliphatic rings. The first-order valence-corrected chi connectivity index (χ1v) is 11.2. The second-order valence-electron chi connectivity index (χ2n) is 7.08. The number of nitrogens with one attached hydrogen (secondary N) is 2. The van der Waals surface area contributed by atoms with Gasteiger partial charge in [-0.05, 0) is 55.3 Å². The molecule has 32 heavy (non-hydrogen) atoms. The molecule has 3 rings (SSSR count). The molecule has 1 aliphatic heterocycles. The lowest BCUT2D eigenvalue weighted by molar-refractivity contribution is -0.274. The summed E-state index contributed by atoms with van der Waals surface area (Å²) in [6.45, 7) is 1.30. The fraction of sp³-hybridized carbons (Fsp3) is 0.350. The normalized spacial score (nSPS) is 14.4. The number of amides is 1. The minimum Gasteiger partial charge on any atom is -0.406 e. The van der Waals surface area contributed by atoms with E-state index in [1.54, 1.807) is 12.1 Å². The van der Waals surface area contributed by atoms with Gasteiger partial charge in [0.1, 0.15) is 11.6 Å². The molecule has 1 amide bonds. The SMILES string of the molecule is O=C(CCNS(=O)(=O)c1ccc(OC(F)(F)F)cc1)Nc1ccc(N2CCCC2)c(F)c1. The Morgan fingerprint density at radius 2 is 1.72 bits per heavy atom. The number of rotatable bonds is 8. The van der Waals surface area contributed by atoms with Gasteiger partial charge in [-0.3, -0.25) is 4.79 Å². The summed E-state index contributed by atoms with van der Waals surface area (Å²) in [5.41, 5.74) is 0.721. The van der Waals surface area contributed by atoms with E-state index in [-0.39, 0.29) is 23.5 Å². The Balaban J connectivity index is 1.50. The van der Waals surface area contributed by atoms with Gasteiger partial charge in [0.15, 0.2) is 0 Å². The van der Waals surface area contributed by atoms with Gasteiger partial charge in [-0.2, -0.15) is 0 Å². The van der Waals surface area contributed by atoms with Crippen LogP contribution in [0.5, 0.6) is 5.75 Å². The number of ether oxygens (including phenoxy) is 1. The van der Waals surface area contributed by atoms with E-state index in [2.05, 4.69) is 14.8 Å². The fourth-order valence-electron chi connectivity index (χ4n) is 3.23. The van der Waals surface area contributed by atoms with E-state index in [1.165, 1.54) is 6.07 Å². The van der Waals surface area contributed by atoms with Crippen molar-refractivity contribution in [2.45, 2.75) is 30.5 Å². The van der Waals surface area contributed by atoms with E-state index < -0.39 is 33.9 Å². The van der Waals surface area contributed by atoms with Crippen LogP contribution < -0.4 is 19.7 Å². The number of nitrogens with zero attached hydrogens (tertiary/aromatic N) is 1. The standard InChI is InChI=1S/C20H21F4N3O4S/c21-17-13-14(3-8-18(17)27-11-1-2-12-27)26-19(28)9-10-25-32(29,30)16-6-4-15(5-7-16)31-20(22,23)24/h3-8,13,25H,1-2,9-12H2,(H,26,28). The average molecular weight is 475 g/mol. The molecule has 0 bridgehead atoms. The van der Waals surface area contributed by atoms with E-state index in [4.69, 9.17) is 0 Å². The van der Waals surface area contributed by atoms with Crippen LogP contribution in [-0.4, -0.2) is 40.3 Å². The maximum Gasteiger partial charge on any atom is 0.573 e. The monoisotopic (exact) mass is 475 g/mol. The zero-order chi connectivity index (χ0) is 23.4. The van der Waals surface area contributed by atoms with E-state index in [0.717, 1.165) is 50.2 Å². The Hall–Kier alpha value is -2.86. The minimum atomic E-state index is -4.89. The molecular formula is C20H21F4N3O4S. The Morgan fingerprint density at radius 3 is 2.31 bits per heavy atom. The molecule has 0 radical (unpaired) electrons. The second kappa shape index (κ2) is 9.74. The number of halogens is 4. The van der Waals surface area contributed by atoms with Crippen LogP contribution in [0.1, 0.15) is 19.3 Å². The van der Waals surface area contributed by atoms with Crippen molar-refractivity contribution in [1.29, 1.82) is 0 Å². The summed E-state index contributed by atoms with van der Waals surface area (Å²) in [5.74, 6) is -1.54. The van der Waals surface area contributed by atoms with Crippen molar-refractivity contribution in [2.24, 2.45) is 0 Å². The molecule has 1 saturated heterocycles. The van der Waals surface area contributed by atoms with Crippen molar-refractivity contribution in [3.05, 3.63) is 48.3 Å². The molecule has 0 spiro atoms. The van der Waals surface area contributed by atoms with Crippen LogP contribution in [0.4, 0.5) is 28.9 Å². The van der Waals surface area contributed by atoms with Crippen LogP contribution in [0.3, 0.4) is 0 Å².